The van der Waals surface area contributed by atoms with Gasteiger partial charge in [-0.05, 0) is 42.0 Å². The van der Waals surface area contributed by atoms with E-state index in [-0.39, 0.29) is 5.95 Å². The monoisotopic (exact) mass is 486 g/mol. The van der Waals surface area contributed by atoms with Crippen LogP contribution in [0.25, 0.3) is 0 Å². The Balaban J connectivity index is 1.32. The summed E-state index contributed by atoms with van der Waals surface area (Å²) in [5.74, 6) is 2.37. The van der Waals surface area contributed by atoms with Crippen molar-refractivity contribution >= 4 is 57.4 Å². The fourth-order valence-electron chi connectivity index (χ4n) is 2.61. The topological polar surface area (TPSA) is 124 Å². The van der Waals surface area contributed by atoms with Gasteiger partial charge in [-0.15, -0.1) is 10.2 Å². The summed E-state index contributed by atoms with van der Waals surface area (Å²) >= 11 is 8.86. The smallest absolute Gasteiger partial charge is 0.232 e. The van der Waals surface area contributed by atoms with E-state index >= 15 is 0 Å². The van der Waals surface area contributed by atoms with E-state index in [1.165, 1.54) is 23.1 Å². The molecule has 0 atom stereocenters. The predicted octanol–water partition coefficient (Wildman–Crippen LogP) is 4.62. The first-order chi connectivity index (χ1) is 15.6. The van der Waals surface area contributed by atoms with E-state index in [1.54, 1.807) is 19.2 Å². The summed E-state index contributed by atoms with van der Waals surface area (Å²) in [7, 11) is 1.65. The van der Waals surface area contributed by atoms with E-state index in [0.29, 0.717) is 29.1 Å². The van der Waals surface area contributed by atoms with Crippen LogP contribution in [0, 0.1) is 0 Å². The van der Waals surface area contributed by atoms with Gasteiger partial charge in [0.2, 0.25) is 17.0 Å². The Bertz CT molecular complexity index is 1170. The summed E-state index contributed by atoms with van der Waals surface area (Å²) in [5, 5.41) is 16.2. The lowest BCUT2D eigenvalue weighted by molar-refractivity contribution is 0.414. The average molecular weight is 487 g/mol. The molecule has 12 heteroatoms. The maximum Gasteiger partial charge on any atom is 0.232 e. The van der Waals surface area contributed by atoms with Crippen LogP contribution >= 0.6 is 34.7 Å². The largest absolute Gasteiger partial charge is 0.497 e. The molecule has 4 aromatic rings. The molecule has 2 aromatic heterocycles. The number of aromatic nitrogens is 5. The molecule has 32 heavy (non-hydrogen) atoms. The van der Waals surface area contributed by atoms with Crippen molar-refractivity contribution in [2.75, 3.05) is 23.5 Å². The predicted molar refractivity (Wildman–Crippen MR) is 129 cm³/mol. The molecule has 0 unspecified atom stereocenters. The molecule has 0 spiro atoms. The van der Waals surface area contributed by atoms with Crippen molar-refractivity contribution in [3.05, 3.63) is 64.9 Å². The molecule has 0 saturated carbocycles. The van der Waals surface area contributed by atoms with E-state index in [4.69, 9.17) is 22.1 Å². The SMILES string of the molecule is COc1ccc(CNc2nnc(SCc3nc(N)nc(Nc4ccc(Cl)cc4)n3)s2)cc1. The minimum atomic E-state index is 0.145. The normalized spacial score (nSPS) is 10.7. The minimum Gasteiger partial charge on any atom is -0.497 e. The molecule has 0 saturated heterocycles. The lowest BCUT2D eigenvalue weighted by atomic mass is 10.2. The Labute approximate surface area is 197 Å². The lowest BCUT2D eigenvalue weighted by Gasteiger charge is -2.07. The molecule has 2 heterocycles. The first-order valence-corrected chi connectivity index (χ1v) is 11.6. The molecule has 0 aliphatic rings. The van der Waals surface area contributed by atoms with Crippen LogP contribution in [0.2, 0.25) is 5.02 Å². The van der Waals surface area contributed by atoms with Gasteiger partial charge in [0.25, 0.3) is 0 Å². The van der Waals surface area contributed by atoms with Crippen molar-refractivity contribution < 1.29 is 4.74 Å². The highest BCUT2D eigenvalue weighted by Crippen LogP contribution is 2.28. The molecular formula is C20H19ClN8OS2. The van der Waals surface area contributed by atoms with E-state index < -0.39 is 0 Å². The number of nitrogens with two attached hydrogens (primary N) is 1. The molecule has 0 bridgehead atoms. The molecule has 9 nitrogen and oxygen atoms in total. The third-order valence-corrected chi connectivity index (χ3v) is 6.40. The van der Waals surface area contributed by atoms with E-state index in [2.05, 4.69) is 35.8 Å². The quantitative estimate of drug-likeness (QED) is 0.289. The van der Waals surface area contributed by atoms with Crippen LogP contribution in [0.3, 0.4) is 0 Å². The number of ether oxygens (including phenoxy) is 1. The molecule has 164 valence electrons. The Kier molecular flexibility index (Phi) is 7.20. The lowest BCUT2D eigenvalue weighted by Crippen LogP contribution is -2.06. The number of methoxy groups -OCH3 is 1. The number of nitrogens with zero attached hydrogens (tertiary/aromatic N) is 5. The zero-order chi connectivity index (χ0) is 22.3. The van der Waals surface area contributed by atoms with Gasteiger partial charge in [-0.3, -0.25) is 0 Å². The van der Waals surface area contributed by atoms with Gasteiger partial charge in [-0.25, -0.2) is 0 Å². The number of benzene rings is 2. The number of hydrogen-bond donors (Lipinski definition) is 3. The first kappa shape index (κ1) is 22.1. The molecule has 0 fully saturated rings. The van der Waals surface area contributed by atoms with Gasteiger partial charge in [-0.2, -0.15) is 15.0 Å². The van der Waals surface area contributed by atoms with Crippen LogP contribution in [0.15, 0.2) is 52.9 Å². The van der Waals surface area contributed by atoms with Crippen LogP contribution in [-0.2, 0) is 12.3 Å². The van der Waals surface area contributed by atoms with Crippen LogP contribution in [-0.4, -0.2) is 32.3 Å². The molecule has 0 amide bonds. The summed E-state index contributed by atoms with van der Waals surface area (Å²) in [6.45, 7) is 0.646. The standard InChI is InChI=1S/C20H19ClN8OS2/c1-30-15-8-2-12(3-9-15)10-23-19-28-29-20(32-19)31-11-16-25-17(22)27-18(26-16)24-14-6-4-13(21)5-7-14/h2-9H,10-11H2,1H3,(H,23,28)(H3,22,24,25,26,27). The second-order valence-electron chi connectivity index (χ2n) is 6.43. The van der Waals surface area contributed by atoms with Gasteiger partial charge in [-0.1, -0.05) is 46.8 Å². The highest BCUT2D eigenvalue weighted by molar-refractivity contribution is 8.00. The second-order valence-corrected chi connectivity index (χ2v) is 9.07. The molecule has 4 N–H and O–H groups in total. The molecule has 2 aromatic carbocycles. The van der Waals surface area contributed by atoms with Crippen molar-refractivity contribution in [3.8, 4) is 5.75 Å². The Hall–Kier alpha value is -3.15. The molecule has 0 aliphatic carbocycles. The van der Waals surface area contributed by atoms with E-state index in [9.17, 15) is 0 Å². The highest BCUT2D eigenvalue weighted by atomic mass is 35.5. The van der Waals surface area contributed by atoms with Crippen molar-refractivity contribution in [3.63, 3.8) is 0 Å². The van der Waals surface area contributed by atoms with Crippen LogP contribution in [0.1, 0.15) is 11.4 Å². The van der Waals surface area contributed by atoms with Gasteiger partial charge >= 0.3 is 0 Å². The second kappa shape index (κ2) is 10.4. The van der Waals surface area contributed by atoms with Crippen LogP contribution in [0.4, 0.5) is 22.7 Å². The van der Waals surface area contributed by atoms with Gasteiger partial charge in [0.15, 0.2) is 4.34 Å². The number of rotatable bonds is 9. The summed E-state index contributed by atoms with van der Waals surface area (Å²) < 4.78 is 5.97. The highest BCUT2D eigenvalue weighted by Gasteiger charge is 2.09. The van der Waals surface area contributed by atoms with Gasteiger partial charge < -0.3 is 21.1 Å². The molecule has 0 aliphatic heterocycles. The van der Waals surface area contributed by atoms with Crippen molar-refractivity contribution in [2.45, 2.75) is 16.6 Å². The van der Waals surface area contributed by atoms with Crippen molar-refractivity contribution in [1.29, 1.82) is 0 Å². The Morgan fingerprint density at radius 2 is 1.81 bits per heavy atom. The van der Waals surface area contributed by atoms with Gasteiger partial charge in [0.05, 0.1) is 12.9 Å². The number of nitrogen functional groups attached to an aromatic ring is 1. The number of hydrogen-bond acceptors (Lipinski definition) is 11. The minimum absolute atomic E-state index is 0.145. The zero-order valence-corrected chi connectivity index (χ0v) is 19.3. The fraction of sp³-hybridized carbons (Fsp3) is 0.150. The summed E-state index contributed by atoms with van der Waals surface area (Å²) in [4.78, 5) is 12.8. The summed E-state index contributed by atoms with van der Waals surface area (Å²) in [6, 6.07) is 15.1. The third-order valence-electron chi connectivity index (χ3n) is 4.13. The zero-order valence-electron chi connectivity index (χ0n) is 16.9. The Morgan fingerprint density at radius 3 is 2.56 bits per heavy atom. The van der Waals surface area contributed by atoms with Crippen molar-refractivity contribution in [2.24, 2.45) is 0 Å². The maximum absolute atomic E-state index is 5.92. The number of thioether (sulfide) groups is 1. The van der Waals surface area contributed by atoms with Crippen LogP contribution < -0.4 is 21.1 Å². The van der Waals surface area contributed by atoms with Crippen molar-refractivity contribution in [1.82, 2.24) is 25.1 Å². The summed E-state index contributed by atoms with van der Waals surface area (Å²) in [6.07, 6.45) is 0. The fourth-order valence-corrected chi connectivity index (χ4v) is 4.34. The van der Waals surface area contributed by atoms with Gasteiger partial charge in [0.1, 0.15) is 11.6 Å². The molecular weight excluding hydrogens is 468 g/mol. The van der Waals surface area contributed by atoms with E-state index in [0.717, 1.165) is 26.5 Å². The number of anilines is 4. The van der Waals surface area contributed by atoms with Gasteiger partial charge in [0, 0.05) is 17.3 Å². The first-order valence-electron chi connectivity index (χ1n) is 9.43. The number of halogens is 1. The summed E-state index contributed by atoms with van der Waals surface area (Å²) in [5.41, 5.74) is 7.77. The molecule has 4 rings (SSSR count). The Morgan fingerprint density at radius 1 is 1.03 bits per heavy atom. The third kappa shape index (κ3) is 6.19. The molecule has 0 radical (unpaired) electrons. The van der Waals surface area contributed by atoms with E-state index in [1.807, 2.05) is 36.4 Å². The average Bonchev–Trinajstić information content (AvgIpc) is 3.26. The number of nitrogens with one attached hydrogen (secondary N) is 2. The van der Waals surface area contributed by atoms with Crippen LogP contribution in [0.5, 0.6) is 5.75 Å². The maximum atomic E-state index is 5.92.